The quantitative estimate of drug-likeness (QED) is 0.236. The third-order valence-electron chi connectivity index (χ3n) is 5.47. The Kier molecular flexibility index (Phi) is 7.42. The Morgan fingerprint density at radius 2 is 1.49 bits per heavy atom. The van der Waals surface area contributed by atoms with Crippen molar-refractivity contribution < 1.29 is 14.3 Å². The molecule has 8 heteroatoms. The zero-order valence-electron chi connectivity index (χ0n) is 19.5. The summed E-state index contributed by atoms with van der Waals surface area (Å²) >= 11 is 0. The maximum absolute atomic E-state index is 12.9. The Hall–Kier alpha value is -4.59. The van der Waals surface area contributed by atoms with Gasteiger partial charge in [-0.15, -0.1) is 5.10 Å². The van der Waals surface area contributed by atoms with Crippen molar-refractivity contribution in [3.05, 3.63) is 90.0 Å². The number of ether oxygens (including phenoxy) is 1. The fourth-order valence-electron chi connectivity index (χ4n) is 3.63. The van der Waals surface area contributed by atoms with E-state index < -0.39 is 0 Å². The SMILES string of the molecule is CCN(CC)c1ccc(/N=N/c2ccc(/C=C3\C(=O)N(c4ccccc4)N=C3OC=O)cc2)cc1. The van der Waals surface area contributed by atoms with E-state index in [2.05, 4.69) is 34.1 Å². The van der Waals surface area contributed by atoms with E-state index in [4.69, 9.17) is 4.74 Å². The predicted molar refractivity (Wildman–Crippen MR) is 137 cm³/mol. The standard InChI is InChI=1S/C27H25N5O3/c1-3-31(4-2)23-16-14-22(15-17-23)29-28-21-12-10-20(11-13-21)18-25-26(35-19-33)30-32(27(25)34)24-8-6-5-7-9-24/h5-19H,3-4H2,1-2H3/b25-18-,29-28+. The van der Waals surface area contributed by atoms with Crippen LogP contribution < -0.4 is 9.91 Å². The van der Waals surface area contributed by atoms with Gasteiger partial charge in [0.2, 0.25) is 0 Å². The molecular formula is C27H25N5O3. The van der Waals surface area contributed by atoms with Crippen molar-refractivity contribution in [3.8, 4) is 0 Å². The Bertz CT molecular complexity index is 1260. The van der Waals surface area contributed by atoms with Gasteiger partial charge in [0.15, 0.2) is 0 Å². The summed E-state index contributed by atoms with van der Waals surface area (Å²) in [7, 11) is 0. The predicted octanol–water partition coefficient (Wildman–Crippen LogP) is 5.86. The number of hydrogen-bond donors (Lipinski definition) is 0. The van der Waals surface area contributed by atoms with Gasteiger partial charge in [-0.05, 0) is 74.0 Å². The lowest BCUT2D eigenvalue weighted by atomic mass is 10.1. The average Bonchev–Trinajstić information content (AvgIpc) is 3.20. The summed E-state index contributed by atoms with van der Waals surface area (Å²) in [6, 6.07) is 24.1. The van der Waals surface area contributed by atoms with Crippen LogP contribution in [0.5, 0.6) is 0 Å². The minimum absolute atomic E-state index is 0.0502. The number of rotatable bonds is 8. The molecule has 0 saturated heterocycles. The lowest BCUT2D eigenvalue weighted by Gasteiger charge is -2.20. The molecular weight excluding hydrogens is 442 g/mol. The van der Waals surface area contributed by atoms with E-state index in [0.717, 1.165) is 30.0 Å². The van der Waals surface area contributed by atoms with Crippen LogP contribution in [0.2, 0.25) is 0 Å². The molecule has 0 radical (unpaired) electrons. The molecule has 0 saturated carbocycles. The lowest BCUT2D eigenvalue weighted by molar-refractivity contribution is -0.121. The first kappa shape index (κ1) is 23.6. The minimum Gasteiger partial charge on any atom is -0.407 e. The maximum Gasteiger partial charge on any atom is 0.299 e. The third kappa shape index (κ3) is 5.50. The van der Waals surface area contributed by atoms with E-state index >= 15 is 0 Å². The van der Waals surface area contributed by atoms with Crippen LogP contribution in [0, 0.1) is 0 Å². The lowest BCUT2D eigenvalue weighted by Crippen LogP contribution is -2.21. The Morgan fingerprint density at radius 3 is 2.06 bits per heavy atom. The van der Waals surface area contributed by atoms with Gasteiger partial charge in [0.1, 0.15) is 5.57 Å². The second kappa shape index (κ2) is 11.0. The molecule has 0 unspecified atom stereocenters. The zero-order valence-corrected chi connectivity index (χ0v) is 19.5. The second-order valence-corrected chi connectivity index (χ2v) is 7.61. The molecule has 0 aromatic heterocycles. The first-order valence-electron chi connectivity index (χ1n) is 11.3. The smallest absolute Gasteiger partial charge is 0.299 e. The fourth-order valence-corrected chi connectivity index (χ4v) is 3.63. The summed E-state index contributed by atoms with van der Waals surface area (Å²) in [5.74, 6) is -0.434. The number of hydrogen-bond acceptors (Lipinski definition) is 7. The summed E-state index contributed by atoms with van der Waals surface area (Å²) in [4.78, 5) is 26.1. The average molecular weight is 468 g/mol. The number of amides is 1. The topological polar surface area (TPSA) is 86.9 Å². The van der Waals surface area contributed by atoms with Crippen LogP contribution in [0.1, 0.15) is 19.4 Å². The van der Waals surface area contributed by atoms with Crippen LogP contribution >= 0.6 is 0 Å². The molecule has 0 N–H and O–H groups in total. The molecule has 3 aromatic rings. The molecule has 0 spiro atoms. The number of para-hydroxylation sites is 1. The highest BCUT2D eigenvalue weighted by atomic mass is 16.5. The normalized spacial score (nSPS) is 14.5. The molecule has 1 amide bonds. The Morgan fingerprint density at radius 1 is 0.886 bits per heavy atom. The molecule has 1 aliphatic rings. The molecule has 0 aliphatic carbocycles. The Labute approximate surface area is 203 Å². The summed E-state index contributed by atoms with van der Waals surface area (Å²) in [5.41, 5.74) is 4.07. The van der Waals surface area contributed by atoms with Crippen molar-refractivity contribution in [1.82, 2.24) is 0 Å². The first-order chi connectivity index (χ1) is 17.1. The van der Waals surface area contributed by atoms with Gasteiger partial charge >= 0.3 is 0 Å². The summed E-state index contributed by atoms with van der Waals surface area (Å²) < 4.78 is 4.96. The first-order valence-corrected chi connectivity index (χ1v) is 11.3. The number of nitrogens with zero attached hydrogens (tertiary/aromatic N) is 5. The third-order valence-corrected chi connectivity index (χ3v) is 5.47. The molecule has 0 bridgehead atoms. The highest BCUT2D eigenvalue weighted by Crippen LogP contribution is 2.26. The summed E-state index contributed by atoms with van der Waals surface area (Å²) in [6.07, 6.45) is 1.63. The van der Waals surface area contributed by atoms with E-state index in [-0.39, 0.29) is 23.9 Å². The van der Waals surface area contributed by atoms with Crippen molar-refractivity contribution in [2.24, 2.45) is 15.3 Å². The number of azo groups is 1. The van der Waals surface area contributed by atoms with Crippen molar-refractivity contribution in [1.29, 1.82) is 0 Å². The van der Waals surface area contributed by atoms with E-state index in [0.29, 0.717) is 11.4 Å². The number of carbonyl (C=O) groups excluding carboxylic acids is 2. The molecule has 3 aromatic carbocycles. The molecule has 35 heavy (non-hydrogen) atoms. The van der Waals surface area contributed by atoms with Gasteiger partial charge in [0.25, 0.3) is 18.3 Å². The van der Waals surface area contributed by atoms with E-state index in [1.807, 2.05) is 42.5 Å². The van der Waals surface area contributed by atoms with Crippen LogP contribution in [-0.2, 0) is 14.3 Å². The van der Waals surface area contributed by atoms with Gasteiger partial charge in [0, 0.05) is 18.8 Å². The molecule has 176 valence electrons. The largest absolute Gasteiger partial charge is 0.407 e. The molecule has 0 fully saturated rings. The molecule has 1 heterocycles. The van der Waals surface area contributed by atoms with Gasteiger partial charge in [-0.1, -0.05) is 30.3 Å². The maximum atomic E-state index is 12.9. The van der Waals surface area contributed by atoms with Crippen molar-refractivity contribution >= 4 is 47.1 Å². The van der Waals surface area contributed by atoms with E-state index in [1.54, 1.807) is 42.5 Å². The minimum atomic E-state index is -0.384. The van der Waals surface area contributed by atoms with Crippen LogP contribution in [0.3, 0.4) is 0 Å². The highest BCUT2D eigenvalue weighted by Gasteiger charge is 2.32. The van der Waals surface area contributed by atoms with Gasteiger partial charge in [-0.25, -0.2) is 0 Å². The van der Waals surface area contributed by atoms with Gasteiger partial charge in [0.05, 0.1) is 17.1 Å². The Balaban J connectivity index is 1.49. The highest BCUT2D eigenvalue weighted by molar-refractivity contribution is 6.31. The van der Waals surface area contributed by atoms with Crippen molar-refractivity contribution in [2.45, 2.75) is 13.8 Å². The van der Waals surface area contributed by atoms with Gasteiger partial charge < -0.3 is 9.64 Å². The van der Waals surface area contributed by atoms with E-state index in [1.165, 1.54) is 5.01 Å². The molecule has 1 aliphatic heterocycles. The summed E-state index contributed by atoms with van der Waals surface area (Å²) in [6.45, 7) is 6.41. The summed E-state index contributed by atoms with van der Waals surface area (Å²) in [5, 5.41) is 14.0. The van der Waals surface area contributed by atoms with Crippen LogP contribution in [-0.4, -0.2) is 31.4 Å². The second-order valence-electron chi connectivity index (χ2n) is 7.61. The van der Waals surface area contributed by atoms with Crippen LogP contribution in [0.4, 0.5) is 22.7 Å². The van der Waals surface area contributed by atoms with Crippen LogP contribution in [0.15, 0.2) is 99.8 Å². The number of hydrazone groups is 1. The number of benzene rings is 3. The van der Waals surface area contributed by atoms with Gasteiger partial charge in [-0.2, -0.15) is 15.2 Å². The zero-order chi connectivity index (χ0) is 24.6. The van der Waals surface area contributed by atoms with E-state index in [9.17, 15) is 9.59 Å². The fraction of sp³-hybridized carbons (Fsp3) is 0.148. The molecule has 4 rings (SSSR count). The molecule has 0 atom stereocenters. The van der Waals surface area contributed by atoms with Crippen molar-refractivity contribution in [2.75, 3.05) is 23.0 Å². The molecule has 8 nitrogen and oxygen atoms in total. The van der Waals surface area contributed by atoms with Crippen molar-refractivity contribution in [3.63, 3.8) is 0 Å². The monoisotopic (exact) mass is 467 g/mol. The van der Waals surface area contributed by atoms with Gasteiger partial charge in [-0.3, -0.25) is 9.59 Å². The van der Waals surface area contributed by atoms with Crippen LogP contribution in [0.25, 0.3) is 6.08 Å². The number of carbonyl (C=O) groups is 2. The number of anilines is 2.